The highest BCUT2D eigenvalue weighted by Gasteiger charge is 2.01. The molecule has 0 bridgehead atoms. The normalized spacial score (nSPS) is 11.0. The molecule has 0 fully saturated rings. The van der Waals surface area contributed by atoms with Gasteiger partial charge in [-0.2, -0.15) is 0 Å². The number of hydrogen-bond donors (Lipinski definition) is 0. The second-order valence-corrected chi connectivity index (χ2v) is 5.14. The molecular weight excluding hydrogens is 184 g/mol. The van der Waals surface area contributed by atoms with E-state index in [2.05, 4.69) is 13.0 Å². The van der Waals surface area contributed by atoms with E-state index in [0.717, 1.165) is 4.34 Å². The fourth-order valence-corrected chi connectivity index (χ4v) is 3.39. The Morgan fingerprint density at radius 3 is 2.60 bits per heavy atom. The van der Waals surface area contributed by atoms with E-state index >= 15 is 0 Å². The molecule has 0 aliphatic rings. The number of thiophene rings is 2. The highest BCUT2D eigenvalue weighted by atomic mass is 35.5. The fourth-order valence-electron chi connectivity index (χ4n) is 0.927. The minimum atomic E-state index is 0.890. The van der Waals surface area contributed by atoms with E-state index in [1.807, 2.05) is 6.07 Å². The predicted molar refractivity (Wildman–Crippen MR) is 49.4 cm³/mol. The summed E-state index contributed by atoms with van der Waals surface area (Å²) < 4.78 is 3.52. The summed E-state index contributed by atoms with van der Waals surface area (Å²) in [7, 11) is 0. The summed E-state index contributed by atoms with van der Waals surface area (Å²) in [6, 6.07) is 4.20. The summed E-state index contributed by atoms with van der Waals surface area (Å²) in [5.74, 6) is 0. The van der Waals surface area contributed by atoms with Crippen LogP contribution in [0.4, 0.5) is 0 Å². The number of rotatable bonds is 0. The van der Waals surface area contributed by atoms with E-state index in [1.165, 1.54) is 14.3 Å². The van der Waals surface area contributed by atoms with Gasteiger partial charge in [0.15, 0.2) is 0 Å². The van der Waals surface area contributed by atoms with Crippen LogP contribution in [0, 0.1) is 6.92 Å². The van der Waals surface area contributed by atoms with Crippen LogP contribution in [0.2, 0.25) is 4.34 Å². The maximum atomic E-state index is 5.80. The van der Waals surface area contributed by atoms with Gasteiger partial charge in [0.25, 0.3) is 0 Å². The average Bonchev–Trinajstić information content (AvgIpc) is 2.21. The van der Waals surface area contributed by atoms with Crippen molar-refractivity contribution in [3.8, 4) is 0 Å². The zero-order valence-electron chi connectivity index (χ0n) is 5.35. The van der Waals surface area contributed by atoms with Crippen molar-refractivity contribution >= 4 is 43.7 Å². The van der Waals surface area contributed by atoms with Crippen LogP contribution < -0.4 is 0 Å². The van der Waals surface area contributed by atoms with E-state index < -0.39 is 0 Å². The molecule has 2 heterocycles. The summed E-state index contributed by atoms with van der Waals surface area (Å²) in [5.41, 5.74) is 0. The Morgan fingerprint density at radius 2 is 1.90 bits per heavy atom. The summed E-state index contributed by atoms with van der Waals surface area (Å²) >= 11 is 9.25. The molecule has 0 unspecified atom stereocenters. The Labute approximate surface area is 72.1 Å². The van der Waals surface area contributed by atoms with Crippen LogP contribution in [0.25, 0.3) is 9.40 Å². The lowest BCUT2D eigenvalue weighted by molar-refractivity contribution is 1.66. The molecule has 0 amide bonds. The first-order chi connectivity index (χ1) is 4.75. The van der Waals surface area contributed by atoms with Gasteiger partial charge < -0.3 is 0 Å². The standard InChI is InChI=1S/C7H5ClS2/c1-4-2-5-6(9-4)3-7(8)10-5/h2-3H,1H3. The fraction of sp³-hybridized carbons (Fsp3) is 0.143. The van der Waals surface area contributed by atoms with Crippen molar-refractivity contribution < 1.29 is 0 Å². The topological polar surface area (TPSA) is 0 Å². The number of hydrogen-bond acceptors (Lipinski definition) is 2. The summed E-state index contributed by atoms with van der Waals surface area (Å²) in [5, 5.41) is 0. The summed E-state index contributed by atoms with van der Waals surface area (Å²) in [4.78, 5) is 1.36. The molecule has 0 aliphatic carbocycles. The van der Waals surface area contributed by atoms with Gasteiger partial charge >= 0.3 is 0 Å². The van der Waals surface area contributed by atoms with E-state index in [9.17, 15) is 0 Å². The van der Waals surface area contributed by atoms with Crippen molar-refractivity contribution in [3.63, 3.8) is 0 Å². The van der Waals surface area contributed by atoms with Gasteiger partial charge in [0.2, 0.25) is 0 Å². The number of halogens is 1. The lowest BCUT2D eigenvalue weighted by Gasteiger charge is -1.73. The van der Waals surface area contributed by atoms with Gasteiger partial charge in [0.1, 0.15) is 0 Å². The Bertz CT molecular complexity index is 295. The molecule has 2 aromatic heterocycles. The van der Waals surface area contributed by atoms with Crippen molar-refractivity contribution in [3.05, 3.63) is 21.3 Å². The van der Waals surface area contributed by atoms with Crippen LogP contribution >= 0.6 is 34.3 Å². The first-order valence-corrected chi connectivity index (χ1v) is 4.92. The van der Waals surface area contributed by atoms with Gasteiger partial charge in [-0.25, -0.2) is 0 Å². The highest BCUT2D eigenvalue weighted by molar-refractivity contribution is 7.29. The second kappa shape index (κ2) is 2.22. The zero-order chi connectivity index (χ0) is 7.14. The summed E-state index contributed by atoms with van der Waals surface area (Å²) in [6.45, 7) is 2.12. The summed E-state index contributed by atoms with van der Waals surface area (Å²) in [6.07, 6.45) is 0. The first kappa shape index (κ1) is 6.65. The van der Waals surface area contributed by atoms with Crippen LogP contribution in [0.5, 0.6) is 0 Å². The molecule has 0 saturated heterocycles. The van der Waals surface area contributed by atoms with Crippen molar-refractivity contribution in [2.75, 3.05) is 0 Å². The molecule has 0 N–H and O–H groups in total. The largest absolute Gasteiger partial charge is 0.140 e. The zero-order valence-corrected chi connectivity index (χ0v) is 7.74. The van der Waals surface area contributed by atoms with Crippen molar-refractivity contribution in [2.24, 2.45) is 0 Å². The third kappa shape index (κ3) is 0.965. The Kier molecular flexibility index (Phi) is 1.48. The molecule has 0 spiro atoms. The van der Waals surface area contributed by atoms with Gasteiger partial charge in [-0.15, -0.1) is 22.7 Å². The van der Waals surface area contributed by atoms with E-state index in [1.54, 1.807) is 22.7 Å². The molecule has 0 aromatic carbocycles. The Balaban J connectivity index is 2.83. The average molecular weight is 189 g/mol. The Morgan fingerprint density at radius 1 is 1.20 bits per heavy atom. The third-order valence-corrected chi connectivity index (χ3v) is 3.64. The SMILES string of the molecule is Cc1cc2sc(Cl)cc2s1. The molecule has 2 aromatic rings. The molecule has 0 atom stereocenters. The molecule has 52 valence electrons. The van der Waals surface area contributed by atoms with Gasteiger partial charge in [-0.05, 0) is 19.1 Å². The van der Waals surface area contributed by atoms with Crippen LogP contribution in [0.1, 0.15) is 4.88 Å². The minimum Gasteiger partial charge on any atom is -0.140 e. The maximum Gasteiger partial charge on any atom is 0.0949 e. The molecular formula is C7H5ClS2. The monoisotopic (exact) mass is 188 g/mol. The third-order valence-electron chi connectivity index (χ3n) is 1.30. The van der Waals surface area contributed by atoms with E-state index in [-0.39, 0.29) is 0 Å². The molecule has 0 aliphatic heterocycles. The van der Waals surface area contributed by atoms with Gasteiger partial charge in [0.05, 0.1) is 4.34 Å². The smallest absolute Gasteiger partial charge is 0.0949 e. The molecule has 0 saturated carbocycles. The lowest BCUT2D eigenvalue weighted by atomic mass is 10.5. The van der Waals surface area contributed by atoms with Crippen molar-refractivity contribution in [1.82, 2.24) is 0 Å². The lowest BCUT2D eigenvalue weighted by Crippen LogP contribution is -1.46. The number of fused-ring (bicyclic) bond motifs is 1. The molecule has 2 rings (SSSR count). The minimum absolute atomic E-state index is 0.890. The Hall–Kier alpha value is -0.0500. The van der Waals surface area contributed by atoms with Crippen LogP contribution in [-0.2, 0) is 0 Å². The van der Waals surface area contributed by atoms with Crippen molar-refractivity contribution in [1.29, 1.82) is 0 Å². The molecule has 10 heavy (non-hydrogen) atoms. The van der Waals surface area contributed by atoms with Crippen molar-refractivity contribution in [2.45, 2.75) is 6.92 Å². The van der Waals surface area contributed by atoms with Gasteiger partial charge in [0, 0.05) is 14.3 Å². The van der Waals surface area contributed by atoms with Gasteiger partial charge in [-0.1, -0.05) is 11.6 Å². The van der Waals surface area contributed by atoms with Crippen LogP contribution in [0.15, 0.2) is 12.1 Å². The van der Waals surface area contributed by atoms with E-state index in [0.29, 0.717) is 0 Å². The molecule has 0 nitrogen and oxygen atoms in total. The highest BCUT2D eigenvalue weighted by Crippen LogP contribution is 2.34. The van der Waals surface area contributed by atoms with E-state index in [4.69, 9.17) is 11.6 Å². The van der Waals surface area contributed by atoms with Gasteiger partial charge in [-0.3, -0.25) is 0 Å². The second-order valence-electron chi connectivity index (χ2n) is 2.14. The maximum absolute atomic E-state index is 5.80. The number of aryl methyl sites for hydroxylation is 1. The molecule has 0 radical (unpaired) electrons. The quantitative estimate of drug-likeness (QED) is 0.588. The molecule has 3 heteroatoms. The van der Waals surface area contributed by atoms with Crippen LogP contribution in [0.3, 0.4) is 0 Å². The first-order valence-electron chi connectivity index (χ1n) is 2.91. The van der Waals surface area contributed by atoms with Crippen LogP contribution in [-0.4, -0.2) is 0 Å². The predicted octanol–water partition coefficient (Wildman–Crippen LogP) is 3.92.